The van der Waals surface area contributed by atoms with Gasteiger partial charge in [-0.25, -0.2) is 0 Å². The summed E-state index contributed by atoms with van der Waals surface area (Å²) in [6.45, 7) is 7.30. The third-order valence-electron chi connectivity index (χ3n) is 3.30. The average Bonchev–Trinajstić information content (AvgIpc) is 2.88. The van der Waals surface area contributed by atoms with Gasteiger partial charge < -0.3 is 9.73 Å². The summed E-state index contributed by atoms with van der Waals surface area (Å²) in [6, 6.07) is 6.59. The van der Waals surface area contributed by atoms with E-state index in [4.69, 9.17) is 4.42 Å². The number of rotatable bonds is 6. The molecule has 102 valence electrons. The van der Waals surface area contributed by atoms with E-state index in [2.05, 4.69) is 36.3 Å². The number of aryl methyl sites for hydroxylation is 2. The molecular formula is C16H22N2O. The highest BCUT2D eigenvalue weighted by Crippen LogP contribution is 2.21. The van der Waals surface area contributed by atoms with Crippen molar-refractivity contribution >= 4 is 0 Å². The van der Waals surface area contributed by atoms with Gasteiger partial charge in [0.15, 0.2) is 0 Å². The maximum atomic E-state index is 5.16. The molecule has 0 aromatic carbocycles. The Kier molecular flexibility index (Phi) is 4.74. The first kappa shape index (κ1) is 13.8. The van der Waals surface area contributed by atoms with Crippen molar-refractivity contribution in [2.24, 2.45) is 0 Å². The SMILES string of the molecule is CCCNC(Cc1ccoc1)c1ccc(C)nc1C. The molecule has 0 amide bonds. The van der Waals surface area contributed by atoms with E-state index in [-0.39, 0.29) is 0 Å². The molecule has 2 aromatic rings. The van der Waals surface area contributed by atoms with E-state index >= 15 is 0 Å². The van der Waals surface area contributed by atoms with Gasteiger partial charge >= 0.3 is 0 Å². The number of hydrogen-bond donors (Lipinski definition) is 1. The molecule has 19 heavy (non-hydrogen) atoms. The Morgan fingerprint density at radius 3 is 2.74 bits per heavy atom. The highest BCUT2D eigenvalue weighted by molar-refractivity contribution is 5.27. The van der Waals surface area contributed by atoms with Gasteiger partial charge in [0.25, 0.3) is 0 Å². The Balaban J connectivity index is 2.20. The standard InChI is InChI=1S/C16H22N2O/c1-4-8-17-16(10-14-7-9-19-11-14)15-6-5-12(2)18-13(15)3/h5-7,9,11,16-17H,4,8,10H2,1-3H3. The monoisotopic (exact) mass is 258 g/mol. The van der Waals surface area contributed by atoms with Crippen molar-refractivity contribution in [1.29, 1.82) is 0 Å². The van der Waals surface area contributed by atoms with Crippen LogP contribution in [0.2, 0.25) is 0 Å². The molecule has 0 aliphatic rings. The molecule has 0 fully saturated rings. The molecule has 1 atom stereocenters. The van der Waals surface area contributed by atoms with Crippen LogP contribution in [0.3, 0.4) is 0 Å². The maximum absolute atomic E-state index is 5.16. The molecular weight excluding hydrogens is 236 g/mol. The molecule has 2 heterocycles. The summed E-state index contributed by atoms with van der Waals surface area (Å²) < 4.78 is 5.16. The van der Waals surface area contributed by atoms with E-state index in [1.165, 1.54) is 11.1 Å². The van der Waals surface area contributed by atoms with Crippen LogP contribution in [-0.4, -0.2) is 11.5 Å². The Morgan fingerprint density at radius 2 is 2.11 bits per heavy atom. The van der Waals surface area contributed by atoms with Crippen LogP contribution in [0.5, 0.6) is 0 Å². The predicted molar refractivity (Wildman–Crippen MR) is 77.2 cm³/mol. The second-order valence-corrected chi connectivity index (χ2v) is 4.97. The first-order chi connectivity index (χ1) is 9.20. The first-order valence-corrected chi connectivity index (χ1v) is 6.89. The lowest BCUT2D eigenvalue weighted by Gasteiger charge is -2.20. The van der Waals surface area contributed by atoms with Gasteiger partial charge in [-0.2, -0.15) is 0 Å². The number of furan rings is 1. The molecule has 0 spiro atoms. The number of nitrogens with one attached hydrogen (secondary N) is 1. The molecule has 2 aromatic heterocycles. The van der Waals surface area contributed by atoms with Crippen LogP contribution < -0.4 is 5.32 Å². The Bertz CT molecular complexity index is 505. The summed E-state index contributed by atoms with van der Waals surface area (Å²) in [6.07, 6.45) is 5.60. The van der Waals surface area contributed by atoms with Gasteiger partial charge in [-0.3, -0.25) is 4.98 Å². The molecule has 3 heteroatoms. The van der Waals surface area contributed by atoms with Gasteiger partial charge in [0, 0.05) is 17.4 Å². The molecule has 1 unspecified atom stereocenters. The highest BCUT2D eigenvalue weighted by atomic mass is 16.3. The van der Waals surface area contributed by atoms with Gasteiger partial charge in [-0.05, 0) is 56.5 Å². The van der Waals surface area contributed by atoms with Crippen molar-refractivity contribution in [2.75, 3.05) is 6.54 Å². The minimum atomic E-state index is 0.297. The van der Waals surface area contributed by atoms with Crippen molar-refractivity contribution in [3.8, 4) is 0 Å². The van der Waals surface area contributed by atoms with Crippen LogP contribution >= 0.6 is 0 Å². The molecule has 2 rings (SSSR count). The van der Waals surface area contributed by atoms with Gasteiger partial charge in [0.2, 0.25) is 0 Å². The highest BCUT2D eigenvalue weighted by Gasteiger charge is 2.15. The Hall–Kier alpha value is -1.61. The van der Waals surface area contributed by atoms with E-state index in [1.807, 2.05) is 19.3 Å². The fraction of sp³-hybridized carbons (Fsp3) is 0.438. The molecule has 0 saturated carbocycles. The van der Waals surface area contributed by atoms with Crippen molar-refractivity contribution < 1.29 is 4.42 Å². The second-order valence-electron chi connectivity index (χ2n) is 4.97. The average molecular weight is 258 g/mol. The van der Waals surface area contributed by atoms with Crippen LogP contribution in [-0.2, 0) is 6.42 Å². The van der Waals surface area contributed by atoms with Crippen LogP contribution in [0.15, 0.2) is 35.1 Å². The smallest absolute Gasteiger partial charge is 0.0935 e. The summed E-state index contributed by atoms with van der Waals surface area (Å²) in [4.78, 5) is 4.57. The van der Waals surface area contributed by atoms with Gasteiger partial charge in [0.05, 0.1) is 12.5 Å². The summed E-state index contributed by atoms with van der Waals surface area (Å²) in [5, 5.41) is 3.60. The van der Waals surface area contributed by atoms with Crippen molar-refractivity contribution in [1.82, 2.24) is 10.3 Å². The van der Waals surface area contributed by atoms with Crippen molar-refractivity contribution in [3.63, 3.8) is 0 Å². The third kappa shape index (κ3) is 3.67. The van der Waals surface area contributed by atoms with Gasteiger partial charge in [-0.15, -0.1) is 0 Å². The lowest BCUT2D eigenvalue weighted by atomic mass is 9.99. The zero-order valence-corrected chi connectivity index (χ0v) is 11.9. The number of pyridine rings is 1. The summed E-state index contributed by atoms with van der Waals surface area (Å²) in [5.74, 6) is 0. The fourth-order valence-electron chi connectivity index (χ4n) is 2.32. The van der Waals surface area contributed by atoms with Crippen molar-refractivity contribution in [3.05, 3.63) is 53.2 Å². The summed E-state index contributed by atoms with van der Waals surface area (Å²) >= 11 is 0. The molecule has 3 nitrogen and oxygen atoms in total. The zero-order valence-electron chi connectivity index (χ0n) is 11.9. The quantitative estimate of drug-likeness (QED) is 0.860. The lowest BCUT2D eigenvalue weighted by molar-refractivity contribution is 0.517. The number of hydrogen-bond acceptors (Lipinski definition) is 3. The van der Waals surface area contributed by atoms with Crippen molar-refractivity contribution in [2.45, 2.75) is 39.7 Å². The lowest BCUT2D eigenvalue weighted by Crippen LogP contribution is -2.25. The van der Waals surface area contributed by atoms with E-state index in [1.54, 1.807) is 6.26 Å². The van der Waals surface area contributed by atoms with Crippen LogP contribution in [0.4, 0.5) is 0 Å². The van der Waals surface area contributed by atoms with E-state index < -0.39 is 0 Å². The summed E-state index contributed by atoms with van der Waals surface area (Å²) in [7, 11) is 0. The number of aromatic nitrogens is 1. The predicted octanol–water partition coefficient (Wildman–Crippen LogP) is 3.57. The van der Waals surface area contributed by atoms with Crippen LogP contribution in [0, 0.1) is 13.8 Å². The fourth-order valence-corrected chi connectivity index (χ4v) is 2.32. The zero-order chi connectivity index (χ0) is 13.7. The molecule has 1 N–H and O–H groups in total. The Labute approximate surface area is 115 Å². The van der Waals surface area contributed by atoms with Gasteiger partial charge in [0.1, 0.15) is 0 Å². The van der Waals surface area contributed by atoms with E-state index in [0.717, 1.165) is 30.8 Å². The summed E-state index contributed by atoms with van der Waals surface area (Å²) in [5.41, 5.74) is 4.67. The molecule has 0 bridgehead atoms. The minimum absolute atomic E-state index is 0.297. The first-order valence-electron chi connectivity index (χ1n) is 6.89. The van der Waals surface area contributed by atoms with E-state index in [9.17, 15) is 0 Å². The molecule has 0 aliphatic heterocycles. The second kappa shape index (κ2) is 6.53. The Morgan fingerprint density at radius 1 is 1.26 bits per heavy atom. The minimum Gasteiger partial charge on any atom is -0.472 e. The number of nitrogens with zero attached hydrogens (tertiary/aromatic N) is 1. The topological polar surface area (TPSA) is 38.1 Å². The normalized spacial score (nSPS) is 12.6. The molecule has 0 radical (unpaired) electrons. The largest absolute Gasteiger partial charge is 0.472 e. The van der Waals surface area contributed by atoms with Crippen LogP contribution in [0.1, 0.15) is 41.9 Å². The van der Waals surface area contributed by atoms with Gasteiger partial charge in [-0.1, -0.05) is 13.0 Å². The third-order valence-corrected chi connectivity index (χ3v) is 3.30. The molecule has 0 saturated heterocycles. The van der Waals surface area contributed by atoms with Crippen LogP contribution in [0.25, 0.3) is 0 Å². The molecule has 0 aliphatic carbocycles. The van der Waals surface area contributed by atoms with E-state index in [0.29, 0.717) is 6.04 Å². The maximum Gasteiger partial charge on any atom is 0.0935 e.